The molecule has 0 bridgehead atoms. The van der Waals surface area contributed by atoms with E-state index in [2.05, 4.69) is 15.3 Å². The summed E-state index contributed by atoms with van der Waals surface area (Å²) in [7, 11) is 0. The molecule has 5 nitrogen and oxygen atoms in total. The molecule has 2 amide bonds. The molecule has 1 aliphatic carbocycles. The van der Waals surface area contributed by atoms with Crippen LogP contribution in [0.2, 0.25) is 0 Å². The molecular weight excluding hydrogens is 264 g/mol. The van der Waals surface area contributed by atoms with Crippen molar-refractivity contribution in [3.05, 3.63) is 17.7 Å². The Morgan fingerprint density at radius 2 is 2.10 bits per heavy atom. The van der Waals surface area contributed by atoms with Crippen molar-refractivity contribution in [1.82, 2.24) is 20.2 Å². The first kappa shape index (κ1) is 14.4. The van der Waals surface area contributed by atoms with Gasteiger partial charge in [0.05, 0.1) is 12.0 Å². The third-order valence-corrected chi connectivity index (χ3v) is 4.90. The highest BCUT2D eigenvalue weighted by molar-refractivity contribution is 5.74. The van der Waals surface area contributed by atoms with Gasteiger partial charge in [0.15, 0.2) is 0 Å². The Kier molecular flexibility index (Phi) is 4.78. The highest BCUT2D eigenvalue weighted by Gasteiger charge is 2.20. The van der Waals surface area contributed by atoms with Crippen LogP contribution in [0.3, 0.4) is 0 Å². The fourth-order valence-electron chi connectivity index (χ4n) is 3.55. The summed E-state index contributed by atoms with van der Waals surface area (Å²) in [5, 5.41) is 3.10. The largest absolute Gasteiger partial charge is 0.348 e. The molecule has 0 unspecified atom stereocenters. The average Bonchev–Trinajstić information content (AvgIpc) is 2.87. The van der Waals surface area contributed by atoms with Crippen LogP contribution in [0.25, 0.3) is 0 Å². The van der Waals surface area contributed by atoms with E-state index in [4.69, 9.17) is 0 Å². The standard InChI is InChI=1S/C16H26N4O/c21-16(17-9-6-13-4-2-1-3-5-13)20-10-7-14-15(8-11-20)19-12-18-14/h12-13H,1-11H2,(H,17,21)(H,18,19). The molecular formula is C16H26N4O. The van der Waals surface area contributed by atoms with E-state index in [9.17, 15) is 4.79 Å². The van der Waals surface area contributed by atoms with E-state index in [1.165, 1.54) is 37.8 Å². The van der Waals surface area contributed by atoms with Crippen LogP contribution in [0.4, 0.5) is 4.79 Å². The summed E-state index contributed by atoms with van der Waals surface area (Å²) in [6.07, 6.45) is 11.5. The first-order valence-electron chi connectivity index (χ1n) is 8.37. The Labute approximate surface area is 126 Å². The van der Waals surface area contributed by atoms with Gasteiger partial charge >= 0.3 is 6.03 Å². The Bertz CT molecular complexity index is 442. The van der Waals surface area contributed by atoms with Gasteiger partial charge in [0.25, 0.3) is 0 Å². The summed E-state index contributed by atoms with van der Waals surface area (Å²) >= 11 is 0. The molecule has 0 atom stereocenters. The van der Waals surface area contributed by atoms with Gasteiger partial charge < -0.3 is 15.2 Å². The summed E-state index contributed by atoms with van der Waals surface area (Å²) in [6, 6.07) is 0.0935. The lowest BCUT2D eigenvalue weighted by atomic mass is 9.87. The van der Waals surface area contributed by atoms with Crippen molar-refractivity contribution in [2.24, 2.45) is 5.92 Å². The maximum atomic E-state index is 12.2. The fourth-order valence-corrected chi connectivity index (χ4v) is 3.55. The van der Waals surface area contributed by atoms with Crippen LogP contribution in [-0.2, 0) is 12.8 Å². The van der Waals surface area contributed by atoms with E-state index in [-0.39, 0.29) is 6.03 Å². The van der Waals surface area contributed by atoms with E-state index in [0.717, 1.165) is 50.5 Å². The zero-order valence-electron chi connectivity index (χ0n) is 12.7. The molecule has 0 aromatic carbocycles. The second kappa shape index (κ2) is 6.96. The molecule has 1 fully saturated rings. The number of urea groups is 1. The molecule has 2 heterocycles. The monoisotopic (exact) mass is 290 g/mol. The maximum Gasteiger partial charge on any atom is 0.317 e. The van der Waals surface area contributed by atoms with Gasteiger partial charge in [-0.15, -0.1) is 0 Å². The van der Waals surface area contributed by atoms with Crippen LogP contribution in [-0.4, -0.2) is 40.5 Å². The predicted molar refractivity (Wildman–Crippen MR) is 82.2 cm³/mol. The quantitative estimate of drug-likeness (QED) is 0.898. The van der Waals surface area contributed by atoms with Crippen molar-refractivity contribution in [1.29, 1.82) is 0 Å². The highest BCUT2D eigenvalue weighted by atomic mass is 16.2. The summed E-state index contributed by atoms with van der Waals surface area (Å²) in [5.74, 6) is 0.826. The van der Waals surface area contributed by atoms with E-state index < -0.39 is 0 Å². The topological polar surface area (TPSA) is 61.0 Å². The number of carbonyl (C=O) groups excluding carboxylic acids is 1. The summed E-state index contributed by atoms with van der Waals surface area (Å²) in [4.78, 5) is 21.7. The van der Waals surface area contributed by atoms with Crippen LogP contribution < -0.4 is 5.32 Å². The molecule has 2 N–H and O–H groups in total. The Morgan fingerprint density at radius 3 is 2.95 bits per heavy atom. The third-order valence-electron chi connectivity index (χ3n) is 4.90. The van der Waals surface area contributed by atoms with Gasteiger partial charge in [-0.2, -0.15) is 0 Å². The summed E-state index contributed by atoms with van der Waals surface area (Å²) < 4.78 is 0. The first-order chi connectivity index (χ1) is 10.3. The molecule has 0 spiro atoms. The first-order valence-corrected chi connectivity index (χ1v) is 8.37. The minimum atomic E-state index is 0.0935. The smallest absolute Gasteiger partial charge is 0.317 e. The van der Waals surface area contributed by atoms with Crippen molar-refractivity contribution < 1.29 is 4.79 Å². The molecule has 1 saturated carbocycles. The van der Waals surface area contributed by atoms with Crippen molar-refractivity contribution in [2.75, 3.05) is 19.6 Å². The number of aromatic amines is 1. The zero-order valence-corrected chi connectivity index (χ0v) is 12.7. The Balaban J connectivity index is 1.40. The number of amides is 2. The van der Waals surface area contributed by atoms with Crippen LogP contribution in [0.1, 0.15) is 49.9 Å². The van der Waals surface area contributed by atoms with Crippen LogP contribution >= 0.6 is 0 Å². The van der Waals surface area contributed by atoms with Crippen LogP contribution in [0.15, 0.2) is 6.33 Å². The van der Waals surface area contributed by atoms with E-state index in [0.29, 0.717) is 0 Å². The number of fused-ring (bicyclic) bond motifs is 1. The van der Waals surface area contributed by atoms with E-state index >= 15 is 0 Å². The normalized spacial score (nSPS) is 19.9. The lowest BCUT2D eigenvalue weighted by Crippen LogP contribution is -2.42. The number of hydrogen-bond acceptors (Lipinski definition) is 2. The SMILES string of the molecule is O=C(NCCC1CCCCC1)N1CCc2nc[nH]c2CC1. The predicted octanol–water partition coefficient (Wildman–Crippen LogP) is 2.49. The summed E-state index contributed by atoms with van der Waals surface area (Å²) in [5.41, 5.74) is 2.31. The van der Waals surface area contributed by atoms with Crippen LogP contribution in [0.5, 0.6) is 0 Å². The van der Waals surface area contributed by atoms with Gasteiger partial charge in [0.2, 0.25) is 0 Å². The fraction of sp³-hybridized carbons (Fsp3) is 0.750. The average molecular weight is 290 g/mol. The molecule has 116 valence electrons. The molecule has 21 heavy (non-hydrogen) atoms. The Hall–Kier alpha value is -1.52. The molecule has 0 saturated heterocycles. The number of hydrogen-bond donors (Lipinski definition) is 2. The van der Waals surface area contributed by atoms with Gasteiger partial charge in [-0.3, -0.25) is 0 Å². The lowest BCUT2D eigenvalue weighted by molar-refractivity contribution is 0.198. The number of nitrogens with one attached hydrogen (secondary N) is 2. The minimum Gasteiger partial charge on any atom is -0.348 e. The second-order valence-corrected chi connectivity index (χ2v) is 6.34. The number of carbonyl (C=O) groups is 1. The number of imidazole rings is 1. The highest BCUT2D eigenvalue weighted by Crippen LogP contribution is 2.25. The van der Waals surface area contributed by atoms with E-state index in [1.54, 1.807) is 6.33 Å². The molecule has 1 aromatic heterocycles. The number of nitrogens with zero attached hydrogens (tertiary/aromatic N) is 2. The van der Waals surface area contributed by atoms with Gasteiger partial charge in [0.1, 0.15) is 0 Å². The second-order valence-electron chi connectivity index (χ2n) is 6.34. The maximum absolute atomic E-state index is 12.2. The van der Waals surface area contributed by atoms with Gasteiger partial charge in [-0.05, 0) is 12.3 Å². The number of rotatable bonds is 3. The minimum absolute atomic E-state index is 0.0935. The van der Waals surface area contributed by atoms with Crippen molar-refractivity contribution in [3.8, 4) is 0 Å². The third kappa shape index (κ3) is 3.77. The molecule has 1 aromatic rings. The molecule has 0 radical (unpaired) electrons. The van der Waals surface area contributed by atoms with Crippen molar-refractivity contribution in [3.63, 3.8) is 0 Å². The molecule has 1 aliphatic heterocycles. The van der Waals surface area contributed by atoms with Gasteiger partial charge in [0, 0.05) is 38.2 Å². The number of H-pyrrole nitrogens is 1. The van der Waals surface area contributed by atoms with Crippen molar-refractivity contribution >= 4 is 6.03 Å². The van der Waals surface area contributed by atoms with Crippen molar-refractivity contribution in [2.45, 2.75) is 51.4 Å². The Morgan fingerprint density at radius 1 is 1.29 bits per heavy atom. The molecule has 2 aliphatic rings. The lowest BCUT2D eigenvalue weighted by Gasteiger charge is -2.24. The summed E-state index contributed by atoms with van der Waals surface area (Å²) in [6.45, 7) is 2.38. The van der Waals surface area contributed by atoms with Gasteiger partial charge in [-0.1, -0.05) is 32.1 Å². The molecule has 5 heteroatoms. The number of aromatic nitrogens is 2. The molecule has 3 rings (SSSR count). The zero-order chi connectivity index (χ0) is 14.5. The van der Waals surface area contributed by atoms with Gasteiger partial charge in [-0.25, -0.2) is 9.78 Å². The van der Waals surface area contributed by atoms with Crippen LogP contribution in [0, 0.1) is 5.92 Å². The van der Waals surface area contributed by atoms with E-state index in [1.807, 2.05) is 4.90 Å².